The Morgan fingerprint density at radius 2 is 2.13 bits per heavy atom. The number of halogens is 1. The molecule has 0 radical (unpaired) electrons. The Kier molecular flexibility index (Phi) is 2.68. The van der Waals surface area contributed by atoms with Crippen molar-refractivity contribution in [3.8, 4) is 0 Å². The Labute approximate surface area is 95.7 Å². The highest BCUT2D eigenvalue weighted by Crippen LogP contribution is 2.21. The summed E-state index contributed by atoms with van der Waals surface area (Å²) < 4.78 is 5.63. The molecule has 0 unspecified atom stereocenters. The van der Waals surface area contributed by atoms with Crippen molar-refractivity contribution < 1.29 is 4.74 Å². The van der Waals surface area contributed by atoms with Gasteiger partial charge in [-0.05, 0) is 28.1 Å². The summed E-state index contributed by atoms with van der Waals surface area (Å²) in [6.07, 6.45) is 0. The van der Waals surface area contributed by atoms with E-state index in [-0.39, 0.29) is 5.90 Å². The van der Waals surface area contributed by atoms with E-state index >= 15 is 0 Å². The zero-order chi connectivity index (χ0) is 10.8. The van der Waals surface area contributed by atoms with Gasteiger partial charge < -0.3 is 4.74 Å². The molecule has 0 aliphatic carbocycles. The van der Waals surface area contributed by atoms with E-state index in [1.807, 2.05) is 30.3 Å². The number of aromatic nitrogens is 1. The largest absolute Gasteiger partial charge is 0.480 e. The second-order valence-electron chi connectivity index (χ2n) is 3.04. The maximum absolute atomic E-state index is 7.58. The summed E-state index contributed by atoms with van der Waals surface area (Å²) in [5, 5.41) is 8.62. The molecule has 0 saturated carbocycles. The normalized spacial score (nSPS) is 10.3. The van der Waals surface area contributed by atoms with Crippen LogP contribution >= 0.6 is 15.9 Å². The van der Waals surface area contributed by atoms with E-state index in [0.717, 1.165) is 15.4 Å². The number of benzene rings is 1. The third-order valence-electron chi connectivity index (χ3n) is 2.10. The maximum Gasteiger partial charge on any atom is 0.233 e. The lowest BCUT2D eigenvalue weighted by Crippen LogP contribution is -2.05. The van der Waals surface area contributed by atoms with Crippen LogP contribution in [0.5, 0.6) is 0 Å². The van der Waals surface area contributed by atoms with Crippen molar-refractivity contribution in [3.63, 3.8) is 0 Å². The molecule has 0 atom stereocenters. The topological polar surface area (TPSA) is 46.0 Å². The summed E-state index contributed by atoms with van der Waals surface area (Å²) in [5.74, 6) is 0.0626. The Morgan fingerprint density at radius 3 is 2.87 bits per heavy atom. The molecule has 0 bridgehead atoms. The first-order chi connectivity index (χ1) is 7.22. The monoisotopic (exact) mass is 264 g/mol. The number of para-hydroxylation sites is 1. The van der Waals surface area contributed by atoms with Gasteiger partial charge in [-0.1, -0.05) is 18.2 Å². The summed E-state index contributed by atoms with van der Waals surface area (Å²) in [5.41, 5.74) is 1.38. The van der Waals surface area contributed by atoms with E-state index in [2.05, 4.69) is 20.9 Å². The van der Waals surface area contributed by atoms with E-state index in [1.165, 1.54) is 7.11 Å². The Bertz CT molecular complexity index is 525. The fourth-order valence-corrected chi connectivity index (χ4v) is 1.86. The Hall–Kier alpha value is -1.42. The number of nitrogens with one attached hydrogen (secondary N) is 1. The smallest absolute Gasteiger partial charge is 0.233 e. The van der Waals surface area contributed by atoms with E-state index < -0.39 is 0 Å². The van der Waals surface area contributed by atoms with Crippen LogP contribution in [0.15, 0.2) is 34.8 Å². The summed E-state index contributed by atoms with van der Waals surface area (Å²) in [7, 11) is 1.46. The molecule has 0 saturated heterocycles. The highest BCUT2D eigenvalue weighted by Gasteiger charge is 2.09. The van der Waals surface area contributed by atoms with E-state index in [0.29, 0.717) is 5.69 Å². The number of hydrogen-bond acceptors (Lipinski definition) is 3. The molecule has 3 nitrogen and oxygen atoms in total. The molecule has 2 rings (SSSR count). The lowest BCUT2D eigenvalue weighted by Gasteiger charge is -2.05. The van der Waals surface area contributed by atoms with Gasteiger partial charge >= 0.3 is 0 Å². The van der Waals surface area contributed by atoms with Gasteiger partial charge in [0, 0.05) is 9.86 Å². The number of fused-ring (bicyclic) bond motifs is 1. The molecule has 15 heavy (non-hydrogen) atoms. The van der Waals surface area contributed by atoms with Gasteiger partial charge in [0.05, 0.1) is 12.6 Å². The molecule has 0 aliphatic rings. The first kappa shape index (κ1) is 10.1. The SMILES string of the molecule is COC(=N)c1nc2ccccc2cc1Br. The molecule has 0 spiro atoms. The number of pyridine rings is 1. The van der Waals surface area contributed by atoms with Crippen molar-refractivity contribution in [2.45, 2.75) is 0 Å². The number of rotatable bonds is 1. The molecule has 2 aromatic rings. The Morgan fingerprint density at radius 1 is 1.40 bits per heavy atom. The Balaban J connectivity index is 2.67. The van der Waals surface area contributed by atoms with Gasteiger partial charge in [-0.25, -0.2) is 4.98 Å². The second kappa shape index (κ2) is 3.98. The zero-order valence-corrected chi connectivity index (χ0v) is 9.71. The molecule has 1 heterocycles. The average molecular weight is 265 g/mol. The standard InChI is InChI=1S/C11H9BrN2O/c1-15-11(13)10-8(12)6-7-4-2-3-5-9(7)14-10/h2-6,13H,1H3. The molecule has 1 N–H and O–H groups in total. The fourth-order valence-electron chi connectivity index (χ4n) is 1.35. The molecule has 4 heteroatoms. The summed E-state index contributed by atoms with van der Waals surface area (Å²) >= 11 is 3.38. The van der Waals surface area contributed by atoms with Crippen molar-refractivity contribution in [1.29, 1.82) is 5.41 Å². The third kappa shape index (κ3) is 1.85. The van der Waals surface area contributed by atoms with Crippen LogP contribution in [0.3, 0.4) is 0 Å². The van der Waals surface area contributed by atoms with Crippen LogP contribution in [-0.4, -0.2) is 18.0 Å². The number of hydrogen-bond donors (Lipinski definition) is 1. The van der Waals surface area contributed by atoms with Crippen LogP contribution < -0.4 is 0 Å². The first-order valence-corrected chi connectivity index (χ1v) is 5.20. The van der Waals surface area contributed by atoms with Crippen molar-refractivity contribution in [2.75, 3.05) is 7.11 Å². The van der Waals surface area contributed by atoms with Crippen LogP contribution in [0.4, 0.5) is 0 Å². The number of methoxy groups -OCH3 is 1. The zero-order valence-electron chi connectivity index (χ0n) is 8.12. The predicted octanol–water partition coefficient (Wildman–Crippen LogP) is 2.97. The van der Waals surface area contributed by atoms with Crippen molar-refractivity contribution >= 4 is 32.7 Å². The second-order valence-corrected chi connectivity index (χ2v) is 3.90. The minimum absolute atomic E-state index is 0.0626. The lowest BCUT2D eigenvalue weighted by molar-refractivity contribution is 0.399. The van der Waals surface area contributed by atoms with Gasteiger partial charge in [0.25, 0.3) is 0 Å². The van der Waals surface area contributed by atoms with Gasteiger partial charge in [0.2, 0.25) is 5.90 Å². The number of ether oxygens (including phenoxy) is 1. The lowest BCUT2D eigenvalue weighted by atomic mass is 10.2. The summed E-state index contributed by atoms with van der Waals surface area (Å²) in [6.45, 7) is 0. The molecular weight excluding hydrogens is 256 g/mol. The van der Waals surface area contributed by atoms with Gasteiger partial charge in [-0.2, -0.15) is 0 Å². The van der Waals surface area contributed by atoms with Gasteiger partial charge in [0.15, 0.2) is 0 Å². The highest BCUT2D eigenvalue weighted by molar-refractivity contribution is 9.10. The van der Waals surface area contributed by atoms with Crippen LogP contribution in [0.25, 0.3) is 10.9 Å². The van der Waals surface area contributed by atoms with E-state index in [9.17, 15) is 0 Å². The summed E-state index contributed by atoms with van der Waals surface area (Å²) in [6, 6.07) is 9.70. The van der Waals surface area contributed by atoms with E-state index in [4.69, 9.17) is 10.1 Å². The molecule has 76 valence electrons. The van der Waals surface area contributed by atoms with Gasteiger partial charge in [-0.3, -0.25) is 5.41 Å². The molecule has 1 aromatic carbocycles. The molecule has 0 amide bonds. The van der Waals surface area contributed by atoms with Gasteiger partial charge in [0.1, 0.15) is 5.69 Å². The molecule has 1 aromatic heterocycles. The van der Waals surface area contributed by atoms with Gasteiger partial charge in [-0.15, -0.1) is 0 Å². The van der Waals surface area contributed by atoms with Crippen LogP contribution in [-0.2, 0) is 4.74 Å². The highest BCUT2D eigenvalue weighted by atomic mass is 79.9. The molecule has 0 aliphatic heterocycles. The fraction of sp³-hybridized carbons (Fsp3) is 0.0909. The minimum Gasteiger partial charge on any atom is -0.480 e. The van der Waals surface area contributed by atoms with Crippen LogP contribution in [0, 0.1) is 5.41 Å². The minimum atomic E-state index is 0.0626. The average Bonchev–Trinajstić information content (AvgIpc) is 2.27. The van der Waals surface area contributed by atoms with Crippen molar-refractivity contribution in [2.24, 2.45) is 0 Å². The molecular formula is C11H9BrN2O. The van der Waals surface area contributed by atoms with Crippen molar-refractivity contribution in [3.05, 3.63) is 40.5 Å². The van der Waals surface area contributed by atoms with Crippen LogP contribution in [0.2, 0.25) is 0 Å². The maximum atomic E-state index is 7.58. The van der Waals surface area contributed by atoms with Crippen LogP contribution in [0.1, 0.15) is 5.69 Å². The quantitative estimate of drug-likeness (QED) is 0.636. The predicted molar refractivity (Wildman–Crippen MR) is 63.3 cm³/mol. The molecule has 0 fully saturated rings. The first-order valence-electron chi connectivity index (χ1n) is 4.40. The van der Waals surface area contributed by atoms with Crippen molar-refractivity contribution in [1.82, 2.24) is 4.98 Å². The number of nitrogens with zero attached hydrogens (tertiary/aromatic N) is 1. The summed E-state index contributed by atoms with van der Waals surface area (Å²) in [4.78, 5) is 4.35. The van der Waals surface area contributed by atoms with E-state index in [1.54, 1.807) is 0 Å². The third-order valence-corrected chi connectivity index (χ3v) is 2.70.